The molecule has 0 bridgehead atoms. The molecule has 88 valence electrons. The molecule has 1 heterocycles. The van der Waals surface area contributed by atoms with Gasteiger partial charge < -0.3 is 5.11 Å². The van der Waals surface area contributed by atoms with Crippen LogP contribution in [0.5, 0.6) is 0 Å². The minimum atomic E-state index is -4.46. The van der Waals surface area contributed by atoms with Crippen LogP contribution >= 0.6 is 0 Å². The predicted molar refractivity (Wildman–Crippen MR) is 49.5 cm³/mol. The SMILES string of the molecule is OC(Cc1ccc(C(F)(F)F)nn1)C1CC1. The van der Waals surface area contributed by atoms with Crippen LogP contribution in [-0.2, 0) is 12.6 Å². The Morgan fingerprint density at radius 3 is 2.44 bits per heavy atom. The lowest BCUT2D eigenvalue weighted by atomic mass is 10.1. The van der Waals surface area contributed by atoms with Crippen molar-refractivity contribution in [3.63, 3.8) is 0 Å². The Hall–Kier alpha value is -1.17. The van der Waals surface area contributed by atoms with E-state index in [0.717, 1.165) is 18.9 Å². The molecule has 0 spiro atoms. The van der Waals surface area contributed by atoms with Crippen LogP contribution in [-0.4, -0.2) is 21.4 Å². The smallest absolute Gasteiger partial charge is 0.392 e. The lowest BCUT2D eigenvalue weighted by Gasteiger charge is -2.08. The molecule has 0 saturated heterocycles. The minimum absolute atomic E-state index is 0.274. The highest BCUT2D eigenvalue weighted by Gasteiger charge is 2.33. The van der Waals surface area contributed by atoms with Crippen molar-refractivity contribution in [3.05, 3.63) is 23.5 Å². The first-order valence-corrected chi connectivity index (χ1v) is 5.04. The van der Waals surface area contributed by atoms with Gasteiger partial charge >= 0.3 is 6.18 Å². The minimum Gasteiger partial charge on any atom is -0.392 e. The molecule has 1 saturated carbocycles. The first-order chi connectivity index (χ1) is 7.47. The predicted octanol–water partition coefficient (Wildman–Crippen LogP) is 1.81. The number of alkyl halides is 3. The van der Waals surface area contributed by atoms with Gasteiger partial charge in [-0.05, 0) is 30.9 Å². The Kier molecular flexibility index (Phi) is 2.84. The third-order valence-electron chi connectivity index (χ3n) is 2.59. The molecule has 1 atom stereocenters. The van der Waals surface area contributed by atoms with Crippen molar-refractivity contribution in [3.8, 4) is 0 Å². The van der Waals surface area contributed by atoms with Gasteiger partial charge in [0, 0.05) is 6.42 Å². The summed E-state index contributed by atoms with van der Waals surface area (Å²) in [5, 5.41) is 16.1. The molecular weight excluding hydrogens is 221 g/mol. The van der Waals surface area contributed by atoms with Crippen molar-refractivity contribution >= 4 is 0 Å². The molecule has 3 nitrogen and oxygen atoms in total. The quantitative estimate of drug-likeness (QED) is 0.864. The molecule has 1 aliphatic rings. The van der Waals surface area contributed by atoms with Crippen molar-refractivity contribution in [2.45, 2.75) is 31.5 Å². The average molecular weight is 232 g/mol. The van der Waals surface area contributed by atoms with Gasteiger partial charge in [-0.3, -0.25) is 0 Å². The number of aliphatic hydroxyl groups excluding tert-OH is 1. The van der Waals surface area contributed by atoms with E-state index in [0.29, 0.717) is 5.69 Å². The molecule has 0 amide bonds. The van der Waals surface area contributed by atoms with Crippen LogP contribution in [0.4, 0.5) is 13.2 Å². The number of nitrogens with zero attached hydrogens (tertiary/aromatic N) is 2. The van der Waals surface area contributed by atoms with Crippen molar-refractivity contribution in [1.29, 1.82) is 0 Å². The molecule has 1 unspecified atom stereocenters. The maximum atomic E-state index is 12.2. The van der Waals surface area contributed by atoms with E-state index in [9.17, 15) is 18.3 Å². The first kappa shape index (κ1) is 11.3. The van der Waals surface area contributed by atoms with Gasteiger partial charge in [0.25, 0.3) is 0 Å². The lowest BCUT2D eigenvalue weighted by molar-refractivity contribution is -0.141. The number of rotatable bonds is 3. The van der Waals surface area contributed by atoms with E-state index < -0.39 is 18.0 Å². The highest BCUT2D eigenvalue weighted by atomic mass is 19.4. The summed E-state index contributed by atoms with van der Waals surface area (Å²) in [6.45, 7) is 0. The van der Waals surface area contributed by atoms with Gasteiger partial charge in [-0.25, -0.2) is 0 Å². The molecule has 0 radical (unpaired) electrons. The molecular formula is C10H11F3N2O. The summed E-state index contributed by atoms with van der Waals surface area (Å²) >= 11 is 0. The van der Waals surface area contributed by atoms with Crippen molar-refractivity contribution < 1.29 is 18.3 Å². The van der Waals surface area contributed by atoms with Gasteiger partial charge in [0.2, 0.25) is 0 Å². The summed E-state index contributed by atoms with van der Waals surface area (Å²) in [5.41, 5.74) is -0.607. The van der Waals surface area contributed by atoms with Crippen LogP contribution in [0.3, 0.4) is 0 Å². The Bertz CT molecular complexity index is 359. The van der Waals surface area contributed by atoms with E-state index in [1.54, 1.807) is 0 Å². The Balaban J connectivity index is 2.01. The molecule has 1 N–H and O–H groups in total. The molecule has 1 fully saturated rings. The fourth-order valence-electron chi connectivity index (χ4n) is 1.48. The maximum Gasteiger partial charge on any atom is 0.435 e. The summed E-state index contributed by atoms with van der Waals surface area (Å²) in [4.78, 5) is 0. The number of halogens is 3. The number of hydrogen-bond donors (Lipinski definition) is 1. The Labute approximate surface area is 90.3 Å². The molecule has 6 heteroatoms. The molecule has 0 aliphatic heterocycles. The third-order valence-corrected chi connectivity index (χ3v) is 2.59. The molecule has 1 aromatic rings. The third kappa shape index (κ3) is 2.69. The summed E-state index contributed by atoms with van der Waals surface area (Å²) in [7, 11) is 0. The second-order valence-electron chi connectivity index (χ2n) is 4.02. The van der Waals surface area contributed by atoms with Crippen LogP contribution in [0.2, 0.25) is 0 Å². The highest BCUT2D eigenvalue weighted by Crippen LogP contribution is 2.34. The molecule has 2 rings (SSSR count). The van der Waals surface area contributed by atoms with E-state index in [-0.39, 0.29) is 12.3 Å². The summed E-state index contributed by atoms with van der Waals surface area (Å²) in [6, 6.07) is 2.16. The summed E-state index contributed by atoms with van der Waals surface area (Å²) in [5.74, 6) is 0.282. The zero-order valence-corrected chi connectivity index (χ0v) is 8.41. The lowest BCUT2D eigenvalue weighted by Crippen LogP contribution is -2.15. The topological polar surface area (TPSA) is 46.0 Å². The average Bonchev–Trinajstić information content (AvgIpc) is 3.00. The Morgan fingerprint density at radius 1 is 1.31 bits per heavy atom. The largest absolute Gasteiger partial charge is 0.435 e. The van der Waals surface area contributed by atoms with Crippen LogP contribution in [0.1, 0.15) is 24.2 Å². The van der Waals surface area contributed by atoms with E-state index in [4.69, 9.17) is 0 Å². The number of hydrogen-bond acceptors (Lipinski definition) is 3. The second-order valence-corrected chi connectivity index (χ2v) is 4.02. The van der Waals surface area contributed by atoms with Crippen LogP contribution in [0.25, 0.3) is 0 Å². The van der Waals surface area contributed by atoms with Crippen LogP contribution in [0, 0.1) is 5.92 Å². The normalized spacial score (nSPS) is 18.5. The summed E-state index contributed by atoms with van der Waals surface area (Å²) in [6.07, 6.45) is -2.73. The Morgan fingerprint density at radius 2 is 2.00 bits per heavy atom. The molecule has 1 aromatic heterocycles. The van der Waals surface area contributed by atoms with Gasteiger partial charge in [0.1, 0.15) is 0 Å². The fraction of sp³-hybridized carbons (Fsp3) is 0.600. The monoisotopic (exact) mass is 232 g/mol. The highest BCUT2D eigenvalue weighted by molar-refractivity contribution is 5.10. The number of aromatic nitrogens is 2. The molecule has 0 aromatic carbocycles. The summed E-state index contributed by atoms with van der Waals surface area (Å²) < 4.78 is 36.5. The second kappa shape index (κ2) is 4.01. The van der Waals surface area contributed by atoms with Crippen LogP contribution in [0.15, 0.2) is 12.1 Å². The van der Waals surface area contributed by atoms with Gasteiger partial charge in [0.05, 0.1) is 11.8 Å². The first-order valence-electron chi connectivity index (χ1n) is 5.04. The zero-order valence-electron chi connectivity index (χ0n) is 8.41. The van der Waals surface area contributed by atoms with E-state index in [2.05, 4.69) is 10.2 Å². The van der Waals surface area contributed by atoms with Crippen LogP contribution < -0.4 is 0 Å². The zero-order chi connectivity index (χ0) is 11.8. The molecule has 16 heavy (non-hydrogen) atoms. The van der Waals surface area contributed by atoms with Crippen molar-refractivity contribution in [2.75, 3.05) is 0 Å². The van der Waals surface area contributed by atoms with Gasteiger partial charge in [-0.2, -0.15) is 18.3 Å². The van der Waals surface area contributed by atoms with Crippen molar-refractivity contribution in [1.82, 2.24) is 10.2 Å². The standard InChI is InChI=1S/C10H11F3N2O/c11-10(12,13)9-4-3-7(14-15-9)5-8(16)6-1-2-6/h3-4,6,8,16H,1-2,5H2. The van der Waals surface area contributed by atoms with Gasteiger partial charge in [0.15, 0.2) is 5.69 Å². The fourth-order valence-corrected chi connectivity index (χ4v) is 1.48. The molecule has 1 aliphatic carbocycles. The van der Waals surface area contributed by atoms with E-state index in [1.807, 2.05) is 0 Å². The van der Waals surface area contributed by atoms with Gasteiger partial charge in [-0.1, -0.05) is 0 Å². The van der Waals surface area contributed by atoms with E-state index >= 15 is 0 Å². The van der Waals surface area contributed by atoms with E-state index in [1.165, 1.54) is 6.07 Å². The maximum absolute atomic E-state index is 12.2. The van der Waals surface area contributed by atoms with Crippen molar-refractivity contribution in [2.24, 2.45) is 5.92 Å². The number of aliphatic hydroxyl groups is 1. The van der Waals surface area contributed by atoms with Gasteiger partial charge in [-0.15, -0.1) is 5.10 Å².